The predicted octanol–water partition coefficient (Wildman–Crippen LogP) is 11.5. The molecule has 0 heterocycles. The number of hydrogen-bond acceptors (Lipinski definition) is 0. The van der Waals surface area contributed by atoms with Crippen LogP contribution in [0.4, 0.5) is 0 Å². The summed E-state index contributed by atoms with van der Waals surface area (Å²) in [7, 11) is 0. The van der Waals surface area contributed by atoms with Crippen LogP contribution in [0.25, 0.3) is 0 Å². The van der Waals surface area contributed by atoms with E-state index in [2.05, 4.69) is 40.7 Å². The molecule has 0 aromatic carbocycles. The van der Waals surface area contributed by atoms with Gasteiger partial charge >= 0.3 is 0 Å². The molecule has 4 aliphatic carbocycles. The van der Waals surface area contributed by atoms with Gasteiger partial charge in [-0.3, -0.25) is 0 Å². The van der Waals surface area contributed by atoms with Gasteiger partial charge < -0.3 is 0 Å². The first-order chi connectivity index (χ1) is 16.9. The van der Waals surface area contributed by atoms with Crippen LogP contribution < -0.4 is 0 Å². The van der Waals surface area contributed by atoms with Crippen molar-refractivity contribution in [3.8, 4) is 0 Å². The van der Waals surface area contributed by atoms with Crippen LogP contribution in [0.5, 0.6) is 0 Å². The third-order valence-corrected chi connectivity index (χ3v) is 12.4. The fraction of sp³-hybridized carbons (Fsp3) is 0.943. The molecule has 0 nitrogen and oxygen atoms in total. The minimum Gasteiger partial charge on any atom is -0.0845 e. The van der Waals surface area contributed by atoms with Gasteiger partial charge in [-0.2, -0.15) is 0 Å². The summed E-state index contributed by atoms with van der Waals surface area (Å²) in [4.78, 5) is 0. The van der Waals surface area contributed by atoms with Crippen molar-refractivity contribution < 1.29 is 0 Å². The Bertz CT molecular complexity index is 674. The van der Waals surface area contributed by atoms with E-state index in [1.165, 1.54) is 122 Å². The van der Waals surface area contributed by atoms with E-state index in [0.29, 0.717) is 10.8 Å². The zero-order chi connectivity index (χ0) is 24.9. The number of rotatable bonds is 13. The standard InChI is InChI=1S/C35H62/c1-6-7-8-9-10-11-12-13-14-15-16-17-28(3)31-20-21-32-30-19-18-29-26-27(2)22-24-34(29,4)33(30)23-25-35(31,32)5/h18,27-28,30-33H,6-17,19-26H2,1-5H3/t27?,28-,30?,31-,32+,33+,34+,35-/m1/s1. The molecule has 202 valence electrons. The van der Waals surface area contributed by atoms with Crippen molar-refractivity contribution in [2.45, 2.75) is 163 Å². The highest BCUT2D eigenvalue weighted by molar-refractivity contribution is 5.25. The lowest BCUT2D eigenvalue weighted by Gasteiger charge is -2.58. The smallest absolute Gasteiger partial charge is 0.00851 e. The molecule has 0 aromatic rings. The third-order valence-electron chi connectivity index (χ3n) is 12.4. The van der Waals surface area contributed by atoms with Crippen LogP contribution in [0, 0.1) is 46.3 Å². The highest BCUT2D eigenvalue weighted by Crippen LogP contribution is 2.67. The average Bonchev–Trinajstić information content (AvgIpc) is 3.20. The van der Waals surface area contributed by atoms with Crippen molar-refractivity contribution in [3.63, 3.8) is 0 Å². The molecule has 2 unspecified atom stereocenters. The summed E-state index contributed by atoms with van der Waals surface area (Å²) in [5, 5.41) is 0. The average molecular weight is 483 g/mol. The molecule has 0 aliphatic heterocycles. The molecule has 0 aromatic heterocycles. The van der Waals surface area contributed by atoms with Crippen LogP contribution >= 0.6 is 0 Å². The van der Waals surface area contributed by atoms with Crippen molar-refractivity contribution in [1.29, 1.82) is 0 Å². The first kappa shape index (κ1) is 27.8. The number of unbranched alkanes of at least 4 members (excludes halogenated alkanes) is 10. The molecule has 4 rings (SSSR count). The molecule has 3 saturated carbocycles. The van der Waals surface area contributed by atoms with Crippen LogP contribution in [0.15, 0.2) is 11.6 Å². The number of hydrogen-bond donors (Lipinski definition) is 0. The lowest BCUT2D eigenvalue weighted by molar-refractivity contribution is -0.0522. The van der Waals surface area contributed by atoms with Crippen LogP contribution in [-0.4, -0.2) is 0 Å². The zero-order valence-electron chi connectivity index (χ0n) is 24.7. The summed E-state index contributed by atoms with van der Waals surface area (Å²) in [5.41, 5.74) is 3.07. The van der Waals surface area contributed by atoms with Gasteiger partial charge in [-0.1, -0.05) is 123 Å². The molecule has 35 heavy (non-hydrogen) atoms. The van der Waals surface area contributed by atoms with E-state index in [1.807, 2.05) is 5.57 Å². The Hall–Kier alpha value is -0.260. The maximum absolute atomic E-state index is 2.77. The van der Waals surface area contributed by atoms with Crippen molar-refractivity contribution in [1.82, 2.24) is 0 Å². The van der Waals surface area contributed by atoms with E-state index in [9.17, 15) is 0 Å². The molecular weight excluding hydrogens is 420 g/mol. The minimum atomic E-state index is 0.552. The Morgan fingerprint density at radius 3 is 2.14 bits per heavy atom. The minimum absolute atomic E-state index is 0.552. The van der Waals surface area contributed by atoms with Crippen LogP contribution in [0.2, 0.25) is 0 Å². The van der Waals surface area contributed by atoms with Gasteiger partial charge in [0.1, 0.15) is 0 Å². The first-order valence-corrected chi connectivity index (χ1v) is 16.6. The van der Waals surface area contributed by atoms with Gasteiger partial charge in [0, 0.05) is 0 Å². The van der Waals surface area contributed by atoms with E-state index in [4.69, 9.17) is 0 Å². The van der Waals surface area contributed by atoms with E-state index in [0.717, 1.165) is 35.5 Å². The summed E-state index contributed by atoms with van der Waals surface area (Å²) < 4.78 is 0. The van der Waals surface area contributed by atoms with Gasteiger partial charge in [0.15, 0.2) is 0 Å². The van der Waals surface area contributed by atoms with Gasteiger partial charge in [0.05, 0.1) is 0 Å². The second-order valence-electron chi connectivity index (χ2n) is 14.6. The molecule has 0 saturated heterocycles. The van der Waals surface area contributed by atoms with E-state index < -0.39 is 0 Å². The summed E-state index contributed by atoms with van der Waals surface area (Å²) in [6, 6.07) is 0. The molecule has 4 aliphatic rings. The summed E-state index contributed by atoms with van der Waals surface area (Å²) in [5.74, 6) is 5.87. The van der Waals surface area contributed by atoms with E-state index >= 15 is 0 Å². The molecule has 0 N–H and O–H groups in total. The van der Waals surface area contributed by atoms with E-state index in [1.54, 1.807) is 6.42 Å². The summed E-state index contributed by atoms with van der Waals surface area (Å²) in [6.45, 7) is 12.9. The van der Waals surface area contributed by atoms with Crippen molar-refractivity contribution >= 4 is 0 Å². The van der Waals surface area contributed by atoms with Crippen LogP contribution in [0.3, 0.4) is 0 Å². The van der Waals surface area contributed by atoms with Crippen LogP contribution in [0.1, 0.15) is 163 Å². The Balaban J connectivity index is 1.20. The fourth-order valence-electron chi connectivity index (χ4n) is 10.2. The lowest BCUT2D eigenvalue weighted by atomic mass is 9.46. The van der Waals surface area contributed by atoms with E-state index in [-0.39, 0.29) is 0 Å². The molecular formula is C35H62. The van der Waals surface area contributed by atoms with Crippen LogP contribution in [-0.2, 0) is 0 Å². The monoisotopic (exact) mass is 482 g/mol. The first-order valence-electron chi connectivity index (χ1n) is 16.6. The zero-order valence-corrected chi connectivity index (χ0v) is 24.7. The second-order valence-corrected chi connectivity index (χ2v) is 14.6. The summed E-state index contributed by atoms with van der Waals surface area (Å²) in [6.07, 6.45) is 32.3. The maximum atomic E-state index is 2.77. The molecule has 0 heteroatoms. The Morgan fingerprint density at radius 1 is 0.800 bits per heavy atom. The topological polar surface area (TPSA) is 0 Å². The largest absolute Gasteiger partial charge is 0.0845 e. The Kier molecular flexibility index (Phi) is 9.93. The fourth-order valence-corrected chi connectivity index (χ4v) is 10.2. The molecule has 0 bridgehead atoms. The quantitative estimate of drug-likeness (QED) is 0.181. The van der Waals surface area contributed by atoms with Gasteiger partial charge in [-0.25, -0.2) is 0 Å². The second kappa shape index (κ2) is 12.5. The SMILES string of the molecule is CCCCCCCCCCCCC[C@@H](C)[C@H]1CC[C@H]2C3CC=C4CC(C)CC[C@]4(C)[C@H]3CC[C@]12C. The molecule has 3 fully saturated rings. The molecule has 8 atom stereocenters. The predicted molar refractivity (Wildman–Crippen MR) is 155 cm³/mol. The highest BCUT2D eigenvalue weighted by atomic mass is 14.6. The van der Waals surface area contributed by atoms with Crippen molar-refractivity contribution in [2.75, 3.05) is 0 Å². The van der Waals surface area contributed by atoms with Crippen molar-refractivity contribution in [3.05, 3.63) is 11.6 Å². The Labute approximate surface area is 220 Å². The highest BCUT2D eigenvalue weighted by Gasteiger charge is 2.58. The van der Waals surface area contributed by atoms with Gasteiger partial charge in [-0.05, 0) is 97.7 Å². The molecule has 0 radical (unpaired) electrons. The van der Waals surface area contributed by atoms with Crippen molar-refractivity contribution in [2.24, 2.45) is 46.3 Å². The number of allylic oxidation sites excluding steroid dienone is 2. The maximum Gasteiger partial charge on any atom is -0.00851 e. The third kappa shape index (κ3) is 6.08. The van der Waals surface area contributed by atoms with Gasteiger partial charge in [-0.15, -0.1) is 0 Å². The number of fused-ring (bicyclic) bond motifs is 5. The Morgan fingerprint density at radius 2 is 1.46 bits per heavy atom. The molecule has 0 amide bonds. The van der Waals surface area contributed by atoms with Gasteiger partial charge in [0.25, 0.3) is 0 Å². The van der Waals surface area contributed by atoms with Gasteiger partial charge in [0.2, 0.25) is 0 Å². The summed E-state index contributed by atoms with van der Waals surface area (Å²) >= 11 is 0. The lowest BCUT2D eigenvalue weighted by Crippen LogP contribution is -2.50. The normalized spacial score (nSPS) is 39.5. The molecule has 0 spiro atoms.